The summed E-state index contributed by atoms with van der Waals surface area (Å²) in [6, 6.07) is 5.82. The number of nitrogens with one attached hydrogen (secondary N) is 1. The molecule has 4 rings (SSSR count). The van der Waals surface area contributed by atoms with Gasteiger partial charge >= 0.3 is 0 Å². The van der Waals surface area contributed by atoms with E-state index in [1.54, 1.807) is 22.8 Å². The van der Waals surface area contributed by atoms with E-state index in [9.17, 15) is 9.59 Å². The van der Waals surface area contributed by atoms with E-state index >= 15 is 0 Å². The van der Waals surface area contributed by atoms with Gasteiger partial charge in [0, 0.05) is 69.8 Å². The van der Waals surface area contributed by atoms with Gasteiger partial charge in [0.1, 0.15) is 0 Å². The minimum atomic E-state index is -0.315. The van der Waals surface area contributed by atoms with Crippen LogP contribution in [-0.2, 0) is 16.6 Å². The average Bonchev–Trinajstić information content (AvgIpc) is 3.16. The Morgan fingerprint density at radius 3 is 2.52 bits per heavy atom. The molecule has 3 heterocycles. The van der Waals surface area contributed by atoms with Gasteiger partial charge in [-0.3, -0.25) is 14.3 Å². The number of carbonyl (C=O) groups excluding carboxylic acids is 2. The van der Waals surface area contributed by atoms with Gasteiger partial charge in [-0.05, 0) is 44.2 Å². The largest absolute Gasteiger partial charge is 0.369 e. The monoisotopic (exact) mass is 424 g/mol. The Labute approximate surface area is 183 Å². The summed E-state index contributed by atoms with van der Waals surface area (Å²) in [7, 11) is 5.76. The van der Waals surface area contributed by atoms with Crippen molar-refractivity contribution in [3.63, 3.8) is 0 Å². The van der Waals surface area contributed by atoms with Gasteiger partial charge in [0.2, 0.25) is 11.8 Å². The molecule has 2 aliphatic heterocycles. The number of anilines is 2. The number of hydrogen-bond acceptors (Lipinski definition) is 5. The third-order valence-corrected chi connectivity index (χ3v) is 6.57. The molecule has 2 amide bonds. The molecule has 2 aliphatic rings. The fourth-order valence-corrected chi connectivity index (χ4v) is 4.73. The van der Waals surface area contributed by atoms with Crippen molar-refractivity contribution in [2.24, 2.45) is 13.0 Å². The number of aromatic nitrogens is 2. The molecule has 8 heteroatoms. The van der Waals surface area contributed by atoms with Crippen LogP contribution in [0.4, 0.5) is 11.4 Å². The van der Waals surface area contributed by atoms with E-state index in [1.165, 1.54) is 5.69 Å². The molecule has 2 unspecified atom stereocenters. The Morgan fingerprint density at radius 2 is 1.87 bits per heavy atom. The van der Waals surface area contributed by atoms with Gasteiger partial charge in [-0.15, -0.1) is 0 Å². The lowest BCUT2D eigenvalue weighted by Gasteiger charge is -2.37. The fourth-order valence-electron chi connectivity index (χ4n) is 4.73. The van der Waals surface area contributed by atoms with Crippen LogP contribution in [0.5, 0.6) is 0 Å². The number of benzene rings is 1. The van der Waals surface area contributed by atoms with Crippen molar-refractivity contribution in [1.29, 1.82) is 0 Å². The van der Waals surface area contributed by atoms with Crippen molar-refractivity contribution in [2.75, 3.05) is 50.5 Å². The van der Waals surface area contributed by atoms with E-state index in [1.807, 2.05) is 25.4 Å². The first-order chi connectivity index (χ1) is 14.8. The number of likely N-dealkylation sites (tertiary alicyclic amines) is 1. The Kier molecular flexibility index (Phi) is 6.00. The van der Waals surface area contributed by atoms with Gasteiger partial charge in [-0.1, -0.05) is 0 Å². The van der Waals surface area contributed by atoms with E-state index in [4.69, 9.17) is 0 Å². The third-order valence-electron chi connectivity index (χ3n) is 6.57. The number of nitrogens with zero attached hydrogens (tertiary/aromatic N) is 5. The van der Waals surface area contributed by atoms with E-state index in [0.717, 1.165) is 43.0 Å². The van der Waals surface area contributed by atoms with Gasteiger partial charge < -0.3 is 20.0 Å². The molecule has 8 nitrogen and oxygen atoms in total. The lowest BCUT2D eigenvalue weighted by molar-refractivity contribution is -0.140. The molecule has 1 aromatic carbocycles. The number of amides is 2. The molecule has 166 valence electrons. The second kappa shape index (κ2) is 8.70. The molecule has 31 heavy (non-hydrogen) atoms. The SMILES string of the molecule is Cc1cc(NC(=O)C2CCC(=O)N(C)C2c2cnn(C)c2)ccc1N1CCN(C)CC1. The fraction of sp³-hybridized carbons (Fsp3) is 0.522. The smallest absolute Gasteiger partial charge is 0.229 e. The predicted octanol–water partition coefficient (Wildman–Crippen LogP) is 2.03. The summed E-state index contributed by atoms with van der Waals surface area (Å²) in [5.74, 6) is -0.310. The molecular weight excluding hydrogens is 392 g/mol. The highest BCUT2D eigenvalue weighted by molar-refractivity contribution is 5.95. The maximum absolute atomic E-state index is 13.3. The van der Waals surface area contributed by atoms with Crippen LogP contribution in [0, 0.1) is 12.8 Å². The normalized spacial score (nSPS) is 22.6. The van der Waals surface area contributed by atoms with Crippen molar-refractivity contribution in [3.8, 4) is 0 Å². The van der Waals surface area contributed by atoms with Crippen molar-refractivity contribution in [1.82, 2.24) is 19.6 Å². The summed E-state index contributed by atoms with van der Waals surface area (Å²) in [6.07, 6.45) is 4.55. The standard InChI is InChI=1S/C23H32N6O2/c1-16-13-18(5-7-20(16)29-11-9-26(2)10-12-29)25-23(31)19-6-8-21(30)28(4)22(19)17-14-24-27(3)15-17/h5,7,13-15,19,22H,6,8-12H2,1-4H3,(H,25,31). The van der Waals surface area contributed by atoms with Crippen LogP contribution in [0.2, 0.25) is 0 Å². The Balaban J connectivity index is 1.50. The van der Waals surface area contributed by atoms with Crippen LogP contribution in [0.3, 0.4) is 0 Å². The number of aryl methyl sites for hydroxylation is 2. The van der Waals surface area contributed by atoms with Gasteiger partial charge in [-0.25, -0.2) is 0 Å². The van der Waals surface area contributed by atoms with Crippen LogP contribution in [0.1, 0.15) is 30.0 Å². The van der Waals surface area contributed by atoms with Gasteiger partial charge in [0.15, 0.2) is 0 Å². The van der Waals surface area contributed by atoms with Crippen LogP contribution in [0.25, 0.3) is 0 Å². The van der Waals surface area contributed by atoms with Crippen molar-refractivity contribution >= 4 is 23.2 Å². The second-order valence-electron chi connectivity index (χ2n) is 8.82. The van der Waals surface area contributed by atoms with Gasteiger partial charge in [0.05, 0.1) is 18.2 Å². The number of rotatable bonds is 4. The molecule has 2 aromatic rings. The molecule has 0 saturated carbocycles. The first kappa shape index (κ1) is 21.4. The molecule has 0 spiro atoms. The number of hydrogen-bond donors (Lipinski definition) is 1. The van der Waals surface area contributed by atoms with Crippen molar-refractivity contribution < 1.29 is 9.59 Å². The molecule has 1 aromatic heterocycles. The quantitative estimate of drug-likeness (QED) is 0.813. The molecule has 0 radical (unpaired) electrons. The minimum Gasteiger partial charge on any atom is -0.369 e. The summed E-state index contributed by atoms with van der Waals surface area (Å²) in [6.45, 7) is 6.23. The molecule has 0 bridgehead atoms. The maximum atomic E-state index is 13.3. The van der Waals surface area contributed by atoms with E-state index in [-0.39, 0.29) is 23.8 Å². The van der Waals surface area contributed by atoms with Crippen molar-refractivity contribution in [3.05, 3.63) is 41.7 Å². The lowest BCUT2D eigenvalue weighted by Crippen LogP contribution is -2.45. The van der Waals surface area contributed by atoms with Gasteiger partial charge in [0.25, 0.3) is 0 Å². The maximum Gasteiger partial charge on any atom is 0.229 e. The zero-order valence-electron chi connectivity index (χ0n) is 18.8. The molecule has 2 saturated heterocycles. The van der Waals surface area contributed by atoms with E-state index in [0.29, 0.717) is 12.8 Å². The Hall–Kier alpha value is -2.87. The first-order valence-electron chi connectivity index (χ1n) is 10.9. The summed E-state index contributed by atoms with van der Waals surface area (Å²) in [4.78, 5) is 32.0. The molecule has 2 fully saturated rings. The molecule has 0 aliphatic carbocycles. The number of carbonyl (C=O) groups is 2. The summed E-state index contributed by atoms with van der Waals surface area (Å²) >= 11 is 0. The van der Waals surface area contributed by atoms with Gasteiger partial charge in [-0.2, -0.15) is 5.10 Å². The number of likely N-dealkylation sites (N-methyl/N-ethyl adjacent to an activating group) is 1. The highest BCUT2D eigenvalue weighted by Crippen LogP contribution is 2.36. The predicted molar refractivity (Wildman–Crippen MR) is 121 cm³/mol. The molecule has 1 N–H and O–H groups in total. The minimum absolute atomic E-state index is 0.0556. The van der Waals surface area contributed by atoms with E-state index < -0.39 is 0 Å². The van der Waals surface area contributed by atoms with E-state index in [2.05, 4.69) is 40.3 Å². The number of piperazine rings is 1. The highest BCUT2D eigenvalue weighted by Gasteiger charge is 2.39. The Morgan fingerprint density at radius 1 is 1.13 bits per heavy atom. The van der Waals surface area contributed by atoms with Crippen molar-refractivity contribution in [2.45, 2.75) is 25.8 Å². The lowest BCUT2D eigenvalue weighted by atomic mass is 9.85. The zero-order chi connectivity index (χ0) is 22.1. The highest BCUT2D eigenvalue weighted by atomic mass is 16.2. The molecular formula is C23H32N6O2. The third kappa shape index (κ3) is 4.44. The van der Waals surface area contributed by atoms with Crippen LogP contribution < -0.4 is 10.2 Å². The zero-order valence-corrected chi connectivity index (χ0v) is 18.8. The average molecular weight is 425 g/mol. The topological polar surface area (TPSA) is 73.7 Å². The summed E-state index contributed by atoms with van der Waals surface area (Å²) < 4.78 is 1.71. The number of piperidine rings is 1. The second-order valence-corrected chi connectivity index (χ2v) is 8.82. The Bertz CT molecular complexity index is 963. The van der Waals surface area contributed by atoms with Crippen LogP contribution in [0.15, 0.2) is 30.6 Å². The van der Waals surface area contributed by atoms with Crippen LogP contribution >= 0.6 is 0 Å². The summed E-state index contributed by atoms with van der Waals surface area (Å²) in [5.41, 5.74) is 4.06. The first-order valence-corrected chi connectivity index (χ1v) is 10.9. The molecule has 2 atom stereocenters. The summed E-state index contributed by atoms with van der Waals surface area (Å²) in [5, 5.41) is 7.34. The van der Waals surface area contributed by atoms with Crippen LogP contribution in [-0.4, -0.2) is 71.7 Å².